The molecule has 0 aromatic heterocycles. The quantitative estimate of drug-likeness (QED) is 0.268. The molecule has 6 atom stereocenters. The maximum absolute atomic E-state index is 12.3. The van der Waals surface area contributed by atoms with Gasteiger partial charge in [-0.05, 0) is 20.8 Å². The van der Waals surface area contributed by atoms with Crippen LogP contribution >= 0.6 is 0 Å². The van der Waals surface area contributed by atoms with E-state index in [9.17, 15) is 28.8 Å². The van der Waals surface area contributed by atoms with Crippen LogP contribution in [0.4, 0.5) is 4.79 Å². The van der Waals surface area contributed by atoms with Crippen molar-refractivity contribution in [3.05, 3.63) is 0 Å². The summed E-state index contributed by atoms with van der Waals surface area (Å²) in [4.78, 5) is 71.7. The molecule has 0 aliphatic carbocycles. The van der Waals surface area contributed by atoms with Gasteiger partial charge in [0.2, 0.25) is 5.91 Å². The molecular formula is C23H36N2O13. The van der Waals surface area contributed by atoms with Crippen molar-refractivity contribution < 1.29 is 61.9 Å². The number of amides is 2. The van der Waals surface area contributed by atoms with Gasteiger partial charge in [-0.2, -0.15) is 0 Å². The lowest BCUT2D eigenvalue weighted by Gasteiger charge is -2.45. The molecule has 1 fully saturated rings. The van der Waals surface area contributed by atoms with Crippen molar-refractivity contribution in [1.82, 2.24) is 10.6 Å². The van der Waals surface area contributed by atoms with Crippen molar-refractivity contribution >= 4 is 35.9 Å². The van der Waals surface area contributed by atoms with E-state index in [1.807, 2.05) is 0 Å². The maximum atomic E-state index is 12.3. The van der Waals surface area contributed by atoms with Gasteiger partial charge >= 0.3 is 30.0 Å². The number of ether oxygens (including phenoxy) is 7. The summed E-state index contributed by atoms with van der Waals surface area (Å²) >= 11 is 0. The third-order valence-electron chi connectivity index (χ3n) is 4.68. The number of hydrogen-bond acceptors (Lipinski definition) is 13. The normalized spacial score (nSPS) is 23.7. The zero-order valence-corrected chi connectivity index (χ0v) is 22.7. The molecule has 1 aliphatic rings. The van der Waals surface area contributed by atoms with Gasteiger partial charge in [0.15, 0.2) is 24.5 Å². The first-order valence-electron chi connectivity index (χ1n) is 11.6. The van der Waals surface area contributed by atoms with E-state index in [0.29, 0.717) is 0 Å². The highest BCUT2D eigenvalue weighted by atomic mass is 16.7. The Morgan fingerprint density at radius 3 is 1.95 bits per heavy atom. The van der Waals surface area contributed by atoms with Crippen LogP contribution in [0.15, 0.2) is 0 Å². The van der Waals surface area contributed by atoms with Crippen LogP contribution in [-0.2, 0) is 57.1 Å². The van der Waals surface area contributed by atoms with Crippen molar-refractivity contribution in [3.8, 4) is 0 Å². The van der Waals surface area contributed by atoms with Gasteiger partial charge in [-0.3, -0.25) is 19.2 Å². The van der Waals surface area contributed by atoms with E-state index >= 15 is 0 Å². The highest BCUT2D eigenvalue weighted by Gasteiger charge is 2.51. The molecule has 2 N–H and O–H groups in total. The summed E-state index contributed by atoms with van der Waals surface area (Å²) in [6.45, 7) is 8.42. The fourth-order valence-corrected chi connectivity index (χ4v) is 3.38. The summed E-state index contributed by atoms with van der Waals surface area (Å²) in [6.07, 6.45) is -6.25. The van der Waals surface area contributed by atoms with E-state index in [1.165, 1.54) is 6.92 Å². The average Bonchev–Trinajstić information content (AvgIpc) is 2.75. The third kappa shape index (κ3) is 11.3. The van der Waals surface area contributed by atoms with Gasteiger partial charge in [-0.15, -0.1) is 0 Å². The van der Waals surface area contributed by atoms with E-state index in [4.69, 9.17) is 33.2 Å². The van der Waals surface area contributed by atoms with Gasteiger partial charge in [-0.25, -0.2) is 9.59 Å². The van der Waals surface area contributed by atoms with E-state index < -0.39 is 91.4 Å². The molecule has 1 aliphatic heterocycles. The maximum Gasteiger partial charge on any atom is 0.408 e. The van der Waals surface area contributed by atoms with Crippen LogP contribution < -0.4 is 10.6 Å². The predicted molar refractivity (Wildman–Crippen MR) is 125 cm³/mol. The molecule has 0 radical (unpaired) electrons. The largest absolute Gasteiger partial charge is 0.467 e. The highest BCUT2D eigenvalue weighted by Crippen LogP contribution is 2.28. The number of carbonyl (C=O) groups is 6. The molecule has 2 amide bonds. The second-order valence-corrected chi connectivity index (χ2v) is 9.28. The third-order valence-corrected chi connectivity index (χ3v) is 4.68. The molecule has 1 saturated heterocycles. The van der Waals surface area contributed by atoms with Gasteiger partial charge in [-0.1, -0.05) is 0 Å². The molecule has 15 heteroatoms. The van der Waals surface area contributed by atoms with Crippen molar-refractivity contribution in [2.24, 2.45) is 0 Å². The van der Waals surface area contributed by atoms with Crippen LogP contribution in [0, 0.1) is 0 Å². The second-order valence-electron chi connectivity index (χ2n) is 9.28. The summed E-state index contributed by atoms with van der Waals surface area (Å²) in [6, 6.07) is -2.63. The molecule has 0 spiro atoms. The van der Waals surface area contributed by atoms with Gasteiger partial charge in [0, 0.05) is 27.7 Å². The zero-order valence-electron chi connectivity index (χ0n) is 22.7. The Hall–Kier alpha value is -3.46. The van der Waals surface area contributed by atoms with Crippen LogP contribution in [-0.4, -0.2) is 98.5 Å². The van der Waals surface area contributed by atoms with Crippen molar-refractivity contribution in [3.63, 3.8) is 0 Å². The fraction of sp³-hybridized carbons (Fsp3) is 0.739. The number of methoxy groups -OCH3 is 1. The molecule has 0 unspecified atom stereocenters. The highest BCUT2D eigenvalue weighted by molar-refractivity contribution is 5.81. The number of nitrogens with one attached hydrogen (secondary N) is 2. The van der Waals surface area contributed by atoms with Crippen LogP contribution in [0.1, 0.15) is 48.5 Å². The van der Waals surface area contributed by atoms with Crippen LogP contribution in [0.25, 0.3) is 0 Å². The van der Waals surface area contributed by atoms with Crippen LogP contribution in [0.2, 0.25) is 0 Å². The number of hydrogen-bond donors (Lipinski definition) is 2. The molecule has 1 rings (SSSR count). The standard InChI is InChI=1S/C23H36N2O13/c1-11(26)24-17-19(36-14(4)29)18(35-13(3)28)16(10-33-12(2)27)37-21(17)34-9-15(20(30)32-8)25-22(31)38-23(5,6)7/h15-19,21H,9-10H2,1-8H3,(H,24,26)(H,25,31)/t15-,16+,17+,18-,19+,21-/m0/s1. The molecule has 0 saturated carbocycles. The first-order valence-corrected chi connectivity index (χ1v) is 11.6. The Morgan fingerprint density at radius 2 is 1.47 bits per heavy atom. The SMILES string of the molecule is COC(=O)[C@H](CO[C@H]1O[C@H](COC(C)=O)[C@H](OC(C)=O)[C@H](OC(C)=O)[C@H]1NC(C)=O)NC(=O)OC(C)(C)C. The van der Waals surface area contributed by atoms with Crippen molar-refractivity contribution in [1.29, 1.82) is 0 Å². The van der Waals surface area contributed by atoms with Crippen molar-refractivity contribution in [2.75, 3.05) is 20.3 Å². The Morgan fingerprint density at radius 1 is 0.895 bits per heavy atom. The topological polar surface area (TPSA) is 191 Å². The molecule has 216 valence electrons. The van der Waals surface area contributed by atoms with Crippen LogP contribution in [0.5, 0.6) is 0 Å². The van der Waals surface area contributed by atoms with Gasteiger partial charge in [0.05, 0.1) is 13.7 Å². The van der Waals surface area contributed by atoms with E-state index in [2.05, 4.69) is 10.6 Å². The average molecular weight is 549 g/mol. The first-order chi connectivity index (χ1) is 17.5. The summed E-state index contributed by atoms with van der Waals surface area (Å²) in [5, 5.41) is 4.84. The number of rotatable bonds is 10. The Bertz CT molecular complexity index is 885. The van der Waals surface area contributed by atoms with Crippen LogP contribution in [0.3, 0.4) is 0 Å². The monoisotopic (exact) mass is 548 g/mol. The fourth-order valence-electron chi connectivity index (χ4n) is 3.38. The Kier molecular flexibility index (Phi) is 12.4. The summed E-state index contributed by atoms with van der Waals surface area (Å²) < 4.78 is 37.1. The van der Waals surface area contributed by atoms with E-state index in [1.54, 1.807) is 20.8 Å². The molecule has 15 nitrogen and oxygen atoms in total. The molecule has 0 aromatic rings. The van der Waals surface area contributed by atoms with E-state index in [0.717, 1.165) is 27.9 Å². The van der Waals surface area contributed by atoms with Gasteiger partial charge < -0.3 is 43.8 Å². The van der Waals surface area contributed by atoms with Gasteiger partial charge in [0.25, 0.3) is 0 Å². The Balaban J connectivity index is 3.31. The second kappa shape index (κ2) is 14.5. The number of alkyl carbamates (subject to hydrolysis) is 1. The summed E-state index contributed by atoms with van der Waals surface area (Å²) in [5.41, 5.74) is -0.860. The molecule has 1 heterocycles. The zero-order chi connectivity index (χ0) is 29.2. The first kappa shape index (κ1) is 32.6. The minimum absolute atomic E-state index is 0.436. The number of esters is 4. The summed E-state index contributed by atoms with van der Waals surface area (Å²) in [7, 11) is 1.10. The minimum atomic E-state index is -1.44. The minimum Gasteiger partial charge on any atom is -0.467 e. The smallest absolute Gasteiger partial charge is 0.408 e. The lowest BCUT2D eigenvalue weighted by molar-refractivity contribution is -0.278. The summed E-state index contributed by atoms with van der Waals surface area (Å²) in [5.74, 6) is -3.69. The molecule has 0 aromatic carbocycles. The molecule has 38 heavy (non-hydrogen) atoms. The Labute approximate surface area is 220 Å². The molecule has 0 bridgehead atoms. The lowest BCUT2D eigenvalue weighted by Crippen LogP contribution is -2.67. The predicted octanol–water partition coefficient (Wildman–Crippen LogP) is -0.275. The van der Waals surface area contributed by atoms with Crippen molar-refractivity contribution in [2.45, 2.75) is 90.8 Å². The number of carbonyl (C=O) groups excluding carboxylic acids is 6. The molecular weight excluding hydrogens is 512 g/mol. The van der Waals surface area contributed by atoms with Gasteiger partial charge in [0.1, 0.15) is 24.4 Å². The lowest BCUT2D eigenvalue weighted by atomic mass is 9.96. The van der Waals surface area contributed by atoms with E-state index in [-0.39, 0.29) is 0 Å².